The van der Waals surface area contributed by atoms with Gasteiger partial charge in [-0.15, -0.1) is 0 Å². The van der Waals surface area contributed by atoms with Crippen LogP contribution in [0.15, 0.2) is 54.4 Å². The summed E-state index contributed by atoms with van der Waals surface area (Å²) in [6, 6.07) is 12.6. The Bertz CT molecular complexity index is 1290. The average molecular weight is 564 g/mol. The van der Waals surface area contributed by atoms with E-state index in [1.165, 1.54) is 11.2 Å². The Hall–Kier alpha value is -4.09. The number of likely N-dealkylation sites (tertiary alicyclic amines) is 1. The molecule has 0 spiro atoms. The standard InChI is InChI=1S/C30H41N7O4/c1-30(2,3)41-29(39)36-12-10-20(11-13-36)22-6-9-25(31)24(18-22)27(33)26(32)19-37(34)23-7-4-21(5-8-23)28(38)35-14-16-40-17-15-35/h4-9,18-20,33H,10-17,31-32,34H2,1-3H3/b26-19-,33-27?. The zero-order chi connectivity index (χ0) is 29.7. The molecule has 11 heteroatoms. The monoisotopic (exact) mass is 563 g/mol. The van der Waals surface area contributed by atoms with Crippen LogP contribution in [0.2, 0.25) is 0 Å². The fraction of sp³-hybridized carbons (Fsp3) is 0.433. The number of nitrogens with two attached hydrogens (primary N) is 3. The van der Waals surface area contributed by atoms with Gasteiger partial charge in [-0.2, -0.15) is 0 Å². The molecule has 11 nitrogen and oxygen atoms in total. The number of nitrogen functional groups attached to an aromatic ring is 1. The Morgan fingerprint density at radius 3 is 2.27 bits per heavy atom. The lowest BCUT2D eigenvalue weighted by atomic mass is 9.87. The molecule has 0 saturated carbocycles. The van der Waals surface area contributed by atoms with Gasteiger partial charge < -0.3 is 30.7 Å². The second-order valence-electron chi connectivity index (χ2n) is 11.4. The smallest absolute Gasteiger partial charge is 0.410 e. The minimum Gasteiger partial charge on any atom is -0.444 e. The van der Waals surface area contributed by atoms with Crippen molar-refractivity contribution in [3.05, 3.63) is 71.1 Å². The Labute approximate surface area is 241 Å². The number of carbonyl (C=O) groups excluding carboxylic acids is 2. The number of hydrogen-bond acceptors (Lipinski definition) is 9. The van der Waals surface area contributed by atoms with Crippen molar-refractivity contribution in [1.29, 1.82) is 5.41 Å². The molecular formula is C30H41N7O4. The van der Waals surface area contributed by atoms with Gasteiger partial charge in [0.05, 0.1) is 30.3 Å². The molecule has 0 bridgehead atoms. The molecule has 2 aliphatic heterocycles. The summed E-state index contributed by atoms with van der Waals surface area (Å²) in [5, 5.41) is 10.1. The first-order chi connectivity index (χ1) is 19.4. The maximum atomic E-state index is 12.7. The van der Waals surface area contributed by atoms with Gasteiger partial charge >= 0.3 is 6.09 Å². The highest BCUT2D eigenvalue weighted by molar-refractivity contribution is 6.13. The van der Waals surface area contributed by atoms with E-state index in [9.17, 15) is 9.59 Å². The normalized spacial score (nSPS) is 16.8. The third-order valence-electron chi connectivity index (χ3n) is 7.24. The van der Waals surface area contributed by atoms with Gasteiger partial charge in [-0.3, -0.25) is 15.2 Å². The molecule has 2 amide bonds. The van der Waals surface area contributed by atoms with Crippen LogP contribution < -0.4 is 22.3 Å². The van der Waals surface area contributed by atoms with Crippen LogP contribution in [0.1, 0.15) is 61.0 Å². The molecule has 7 N–H and O–H groups in total. The number of nitrogens with one attached hydrogen (secondary N) is 1. The third-order valence-corrected chi connectivity index (χ3v) is 7.24. The maximum absolute atomic E-state index is 12.7. The van der Waals surface area contributed by atoms with E-state index in [4.69, 9.17) is 32.2 Å². The fourth-order valence-corrected chi connectivity index (χ4v) is 4.94. The number of morpholine rings is 1. The van der Waals surface area contributed by atoms with Gasteiger partial charge in [0.1, 0.15) is 5.60 Å². The molecule has 0 radical (unpaired) electrons. The van der Waals surface area contributed by atoms with Crippen LogP contribution in [0.25, 0.3) is 0 Å². The van der Waals surface area contributed by atoms with Gasteiger partial charge in [-0.25, -0.2) is 10.6 Å². The lowest BCUT2D eigenvalue weighted by Crippen LogP contribution is -2.41. The van der Waals surface area contributed by atoms with E-state index >= 15 is 0 Å². The van der Waals surface area contributed by atoms with Crippen molar-refractivity contribution in [2.24, 2.45) is 11.6 Å². The quantitative estimate of drug-likeness (QED) is 0.180. The van der Waals surface area contributed by atoms with E-state index in [1.54, 1.807) is 40.1 Å². The minimum absolute atomic E-state index is 0.0499. The zero-order valence-electron chi connectivity index (χ0n) is 24.1. The lowest BCUT2D eigenvalue weighted by Gasteiger charge is -2.33. The summed E-state index contributed by atoms with van der Waals surface area (Å²) in [6.07, 6.45) is 2.73. The van der Waals surface area contributed by atoms with E-state index in [0.29, 0.717) is 61.9 Å². The average Bonchev–Trinajstić information content (AvgIpc) is 2.96. The molecule has 0 aliphatic carbocycles. The van der Waals surface area contributed by atoms with E-state index in [-0.39, 0.29) is 29.3 Å². The van der Waals surface area contributed by atoms with Crippen molar-refractivity contribution in [2.75, 3.05) is 50.1 Å². The minimum atomic E-state index is -0.530. The van der Waals surface area contributed by atoms with Crippen molar-refractivity contribution in [1.82, 2.24) is 9.80 Å². The molecule has 2 aromatic carbocycles. The number of hydrogen-bond donors (Lipinski definition) is 4. The van der Waals surface area contributed by atoms with Crippen molar-refractivity contribution in [2.45, 2.75) is 45.1 Å². The summed E-state index contributed by atoms with van der Waals surface area (Å²) >= 11 is 0. The van der Waals surface area contributed by atoms with Crippen LogP contribution in [0.5, 0.6) is 0 Å². The number of anilines is 2. The van der Waals surface area contributed by atoms with Crippen molar-refractivity contribution < 1.29 is 19.1 Å². The number of ether oxygens (including phenoxy) is 2. The molecule has 0 aromatic heterocycles. The number of benzene rings is 2. The first-order valence-corrected chi connectivity index (χ1v) is 13.9. The fourth-order valence-electron chi connectivity index (χ4n) is 4.94. The van der Waals surface area contributed by atoms with Crippen LogP contribution in [0, 0.1) is 5.41 Å². The van der Waals surface area contributed by atoms with Crippen molar-refractivity contribution in [3.8, 4) is 0 Å². The first-order valence-electron chi connectivity index (χ1n) is 13.9. The number of rotatable bonds is 6. The highest BCUT2D eigenvalue weighted by atomic mass is 16.6. The van der Waals surface area contributed by atoms with Crippen LogP contribution in [0.3, 0.4) is 0 Å². The predicted molar refractivity (Wildman–Crippen MR) is 160 cm³/mol. The summed E-state index contributed by atoms with van der Waals surface area (Å²) in [6.45, 7) is 8.99. The largest absolute Gasteiger partial charge is 0.444 e. The SMILES string of the molecule is CC(C)(C)OC(=O)N1CCC(c2ccc(N)c(C(=N)/C(N)=C/N(N)c3ccc(C(=O)N4CCOCC4)cc3)c2)CC1. The van der Waals surface area contributed by atoms with E-state index in [0.717, 1.165) is 18.4 Å². The third kappa shape index (κ3) is 7.56. The number of hydrazine groups is 1. The van der Waals surface area contributed by atoms with Crippen LogP contribution in [-0.2, 0) is 9.47 Å². The van der Waals surface area contributed by atoms with E-state index < -0.39 is 5.60 Å². The van der Waals surface area contributed by atoms with Gasteiger partial charge in [0.15, 0.2) is 0 Å². The Balaban J connectivity index is 1.40. The number of carbonyl (C=O) groups is 2. The van der Waals surface area contributed by atoms with Crippen LogP contribution in [-0.4, -0.2) is 72.5 Å². The summed E-state index contributed by atoms with van der Waals surface area (Å²) in [5.41, 5.74) is 15.4. The molecule has 41 heavy (non-hydrogen) atoms. The van der Waals surface area contributed by atoms with Crippen molar-refractivity contribution >= 4 is 29.1 Å². The van der Waals surface area contributed by atoms with Crippen molar-refractivity contribution in [3.63, 3.8) is 0 Å². The first kappa shape index (κ1) is 29.9. The molecule has 220 valence electrons. The predicted octanol–water partition coefficient (Wildman–Crippen LogP) is 3.40. The number of piperidine rings is 1. The number of allylic oxidation sites excluding steroid dienone is 1. The molecule has 0 atom stereocenters. The highest BCUT2D eigenvalue weighted by Crippen LogP contribution is 2.31. The van der Waals surface area contributed by atoms with Gasteiger partial charge in [0.2, 0.25) is 0 Å². The van der Waals surface area contributed by atoms with Crippen LogP contribution in [0.4, 0.5) is 16.2 Å². The zero-order valence-corrected chi connectivity index (χ0v) is 24.1. The van der Waals surface area contributed by atoms with Gasteiger partial charge in [-0.1, -0.05) is 6.07 Å². The topological polar surface area (TPSA) is 164 Å². The van der Waals surface area contributed by atoms with Gasteiger partial charge in [0, 0.05) is 49.2 Å². The summed E-state index contributed by atoms with van der Waals surface area (Å²) < 4.78 is 10.8. The van der Waals surface area contributed by atoms with E-state index in [2.05, 4.69) is 0 Å². The molecule has 2 aliphatic rings. The summed E-state index contributed by atoms with van der Waals surface area (Å²) in [7, 11) is 0. The summed E-state index contributed by atoms with van der Waals surface area (Å²) in [5.74, 6) is 6.40. The number of amides is 2. The van der Waals surface area contributed by atoms with E-state index in [1.807, 2.05) is 32.9 Å². The van der Waals surface area contributed by atoms with Gasteiger partial charge in [0.25, 0.3) is 5.91 Å². The number of nitrogens with zero attached hydrogens (tertiary/aromatic N) is 3. The second kappa shape index (κ2) is 12.6. The molecule has 2 fully saturated rings. The highest BCUT2D eigenvalue weighted by Gasteiger charge is 2.28. The Kier molecular flexibility index (Phi) is 9.19. The Morgan fingerprint density at radius 2 is 1.66 bits per heavy atom. The maximum Gasteiger partial charge on any atom is 0.410 e. The second-order valence-corrected chi connectivity index (χ2v) is 11.4. The Morgan fingerprint density at radius 1 is 1.02 bits per heavy atom. The van der Waals surface area contributed by atoms with Gasteiger partial charge in [-0.05, 0) is 81.5 Å². The van der Waals surface area contributed by atoms with Crippen LogP contribution >= 0.6 is 0 Å². The summed E-state index contributed by atoms with van der Waals surface area (Å²) in [4.78, 5) is 28.6. The molecule has 2 heterocycles. The molecule has 2 saturated heterocycles. The molecule has 4 rings (SSSR count). The molecular weight excluding hydrogens is 522 g/mol. The lowest BCUT2D eigenvalue weighted by molar-refractivity contribution is 0.0204. The molecule has 0 unspecified atom stereocenters. The molecule has 2 aromatic rings.